The third-order valence-corrected chi connectivity index (χ3v) is 4.10. The van der Waals surface area contributed by atoms with Gasteiger partial charge in [0, 0.05) is 26.2 Å². The molecule has 0 radical (unpaired) electrons. The van der Waals surface area contributed by atoms with Crippen molar-refractivity contribution in [3.63, 3.8) is 0 Å². The first kappa shape index (κ1) is 15.5. The summed E-state index contributed by atoms with van der Waals surface area (Å²) in [6, 6.07) is 0.508. The van der Waals surface area contributed by atoms with Gasteiger partial charge >= 0.3 is 0 Å². The van der Waals surface area contributed by atoms with Crippen LogP contribution in [0, 0.1) is 10.7 Å². The van der Waals surface area contributed by atoms with Crippen LogP contribution in [0.15, 0.2) is 0 Å². The van der Waals surface area contributed by atoms with Gasteiger partial charge in [0.15, 0.2) is 4.77 Å². The number of aromatic nitrogens is 3. The minimum atomic E-state index is 0.508. The van der Waals surface area contributed by atoms with Gasteiger partial charge in [0.25, 0.3) is 0 Å². The van der Waals surface area contributed by atoms with Crippen molar-refractivity contribution in [1.29, 1.82) is 0 Å². The van der Waals surface area contributed by atoms with Crippen LogP contribution < -0.4 is 4.90 Å². The molecule has 1 heterocycles. The number of rotatable bonds is 7. The predicted molar refractivity (Wildman–Crippen MR) is 83.8 cm³/mol. The quantitative estimate of drug-likeness (QED) is 0.785. The molecule has 0 unspecified atom stereocenters. The maximum absolute atomic E-state index is 5.44. The molecule has 0 spiro atoms. The molecule has 0 atom stereocenters. The number of methoxy groups -OCH3 is 1. The molecule has 0 bridgehead atoms. The molecule has 6 heteroatoms. The fourth-order valence-corrected chi connectivity index (χ4v) is 3.20. The van der Waals surface area contributed by atoms with E-state index in [0.29, 0.717) is 18.6 Å². The number of nitrogens with one attached hydrogen (secondary N) is 1. The molecule has 0 saturated heterocycles. The molecule has 0 amide bonds. The summed E-state index contributed by atoms with van der Waals surface area (Å²) in [5.41, 5.74) is 0. The van der Waals surface area contributed by atoms with E-state index in [1.807, 2.05) is 0 Å². The number of hydrogen-bond donors (Lipinski definition) is 1. The maximum atomic E-state index is 5.44. The minimum absolute atomic E-state index is 0.508. The molecule has 5 nitrogen and oxygen atoms in total. The first-order valence-corrected chi connectivity index (χ1v) is 7.95. The van der Waals surface area contributed by atoms with E-state index in [-0.39, 0.29) is 0 Å². The summed E-state index contributed by atoms with van der Waals surface area (Å²) in [5.74, 6) is 1.56. The van der Waals surface area contributed by atoms with Crippen LogP contribution in [0.1, 0.15) is 45.6 Å². The van der Waals surface area contributed by atoms with Gasteiger partial charge in [0.2, 0.25) is 5.95 Å². The smallest absolute Gasteiger partial charge is 0.226 e. The van der Waals surface area contributed by atoms with Crippen LogP contribution in [-0.4, -0.2) is 41.6 Å². The van der Waals surface area contributed by atoms with Crippen molar-refractivity contribution in [2.24, 2.45) is 5.92 Å². The highest BCUT2D eigenvalue weighted by Crippen LogP contribution is 2.32. The molecule has 1 aromatic heterocycles. The van der Waals surface area contributed by atoms with E-state index in [1.165, 1.54) is 25.7 Å². The molecule has 1 fully saturated rings. The van der Waals surface area contributed by atoms with Crippen LogP contribution in [-0.2, 0) is 4.74 Å². The van der Waals surface area contributed by atoms with Crippen molar-refractivity contribution in [1.82, 2.24) is 14.8 Å². The molecule has 2 rings (SSSR count). The van der Waals surface area contributed by atoms with Gasteiger partial charge in [-0.2, -0.15) is 0 Å². The highest BCUT2D eigenvalue weighted by atomic mass is 32.1. The number of aromatic amines is 1. The predicted octanol–water partition coefficient (Wildman–Crippen LogP) is 3.16. The lowest BCUT2D eigenvalue weighted by Crippen LogP contribution is -2.33. The van der Waals surface area contributed by atoms with Crippen molar-refractivity contribution < 1.29 is 4.74 Å². The Kier molecular flexibility index (Phi) is 5.60. The lowest BCUT2D eigenvalue weighted by atomic mass is 10.2. The topological polar surface area (TPSA) is 46.1 Å². The third kappa shape index (κ3) is 3.61. The van der Waals surface area contributed by atoms with Crippen molar-refractivity contribution in [3.05, 3.63) is 4.77 Å². The molecular formula is C14H26N4OS. The number of ether oxygens (including phenoxy) is 1. The summed E-state index contributed by atoms with van der Waals surface area (Å²) in [4.78, 5) is 2.29. The maximum Gasteiger partial charge on any atom is 0.226 e. The summed E-state index contributed by atoms with van der Waals surface area (Å²) < 4.78 is 8.20. The van der Waals surface area contributed by atoms with Gasteiger partial charge in [-0.3, -0.25) is 4.57 Å². The number of H-pyrrole nitrogens is 1. The highest BCUT2D eigenvalue weighted by molar-refractivity contribution is 7.71. The van der Waals surface area contributed by atoms with Crippen molar-refractivity contribution >= 4 is 18.2 Å². The monoisotopic (exact) mass is 298 g/mol. The Morgan fingerprint density at radius 1 is 1.45 bits per heavy atom. The fraction of sp³-hybridized carbons (Fsp3) is 0.857. The second-order valence-corrected chi connectivity index (χ2v) is 6.36. The van der Waals surface area contributed by atoms with Crippen LogP contribution >= 0.6 is 12.2 Å². The largest absolute Gasteiger partial charge is 0.383 e. The zero-order valence-corrected chi connectivity index (χ0v) is 13.6. The Bertz CT molecular complexity index is 462. The standard InChI is InChI=1S/C14H26N4OS/c1-11(2)10-17(8-9-19-3)13-15-16-14(20)18(13)12-6-4-5-7-12/h11-12H,4-10H2,1-3H3,(H,16,20). The lowest BCUT2D eigenvalue weighted by molar-refractivity contribution is 0.204. The molecule has 20 heavy (non-hydrogen) atoms. The van der Waals surface area contributed by atoms with Crippen LogP contribution in [0.5, 0.6) is 0 Å². The first-order valence-electron chi connectivity index (χ1n) is 7.54. The molecule has 1 aliphatic rings. The van der Waals surface area contributed by atoms with Crippen molar-refractivity contribution in [2.75, 3.05) is 31.7 Å². The number of anilines is 1. The van der Waals surface area contributed by atoms with E-state index >= 15 is 0 Å². The van der Waals surface area contributed by atoms with Crippen LogP contribution in [0.3, 0.4) is 0 Å². The number of nitrogens with zero attached hydrogens (tertiary/aromatic N) is 3. The molecular weight excluding hydrogens is 272 g/mol. The second kappa shape index (κ2) is 7.22. The van der Waals surface area contributed by atoms with Crippen LogP contribution in [0.2, 0.25) is 0 Å². The Morgan fingerprint density at radius 3 is 2.75 bits per heavy atom. The van der Waals surface area contributed by atoms with Gasteiger partial charge < -0.3 is 9.64 Å². The summed E-state index contributed by atoms with van der Waals surface area (Å²) in [7, 11) is 1.74. The van der Waals surface area contributed by atoms with E-state index < -0.39 is 0 Å². The zero-order chi connectivity index (χ0) is 14.5. The SMILES string of the molecule is COCCN(CC(C)C)c1n[nH]c(=S)n1C1CCCC1. The Hall–Kier alpha value is -0.880. The minimum Gasteiger partial charge on any atom is -0.383 e. The lowest BCUT2D eigenvalue weighted by Gasteiger charge is -2.27. The van der Waals surface area contributed by atoms with E-state index in [1.54, 1.807) is 7.11 Å². The number of hydrogen-bond acceptors (Lipinski definition) is 4. The average Bonchev–Trinajstić information content (AvgIpc) is 3.02. The van der Waals surface area contributed by atoms with Gasteiger partial charge in [-0.1, -0.05) is 26.7 Å². The Morgan fingerprint density at radius 2 is 2.15 bits per heavy atom. The molecule has 1 aliphatic carbocycles. The first-order chi connectivity index (χ1) is 9.63. The molecule has 114 valence electrons. The van der Waals surface area contributed by atoms with Crippen LogP contribution in [0.4, 0.5) is 5.95 Å². The van der Waals surface area contributed by atoms with Gasteiger partial charge in [0.1, 0.15) is 0 Å². The summed E-state index contributed by atoms with van der Waals surface area (Å²) in [6.45, 7) is 6.97. The third-order valence-electron chi connectivity index (χ3n) is 3.81. The molecule has 1 N–H and O–H groups in total. The van der Waals surface area contributed by atoms with E-state index in [0.717, 1.165) is 23.8 Å². The summed E-state index contributed by atoms with van der Waals surface area (Å²) >= 11 is 5.44. The second-order valence-electron chi connectivity index (χ2n) is 5.97. The summed E-state index contributed by atoms with van der Waals surface area (Å²) in [6.07, 6.45) is 5.00. The molecule has 0 aliphatic heterocycles. The van der Waals surface area contributed by atoms with Gasteiger partial charge in [-0.15, -0.1) is 5.10 Å². The van der Waals surface area contributed by atoms with Crippen LogP contribution in [0.25, 0.3) is 0 Å². The van der Waals surface area contributed by atoms with Crippen molar-refractivity contribution in [3.8, 4) is 0 Å². The van der Waals surface area contributed by atoms with Crippen molar-refractivity contribution in [2.45, 2.75) is 45.6 Å². The normalized spacial score (nSPS) is 16.2. The van der Waals surface area contributed by atoms with E-state index in [4.69, 9.17) is 17.0 Å². The van der Waals surface area contributed by atoms with E-state index in [9.17, 15) is 0 Å². The zero-order valence-electron chi connectivity index (χ0n) is 12.8. The van der Waals surface area contributed by atoms with Gasteiger partial charge in [-0.05, 0) is 31.0 Å². The Labute approximate surface area is 126 Å². The average molecular weight is 298 g/mol. The van der Waals surface area contributed by atoms with E-state index in [2.05, 4.69) is 33.5 Å². The van der Waals surface area contributed by atoms with Gasteiger partial charge in [-0.25, -0.2) is 5.10 Å². The summed E-state index contributed by atoms with van der Waals surface area (Å²) in [5, 5.41) is 7.46. The molecule has 0 aromatic carbocycles. The molecule has 1 aromatic rings. The van der Waals surface area contributed by atoms with Gasteiger partial charge in [0.05, 0.1) is 6.61 Å². The molecule has 1 saturated carbocycles. The Balaban J connectivity index is 2.24. The fourth-order valence-electron chi connectivity index (χ4n) is 2.93. The highest BCUT2D eigenvalue weighted by Gasteiger charge is 2.24.